The van der Waals surface area contributed by atoms with Crippen molar-refractivity contribution in [2.45, 2.75) is 63.7 Å². The number of fused-ring (bicyclic) bond motifs is 2. The second-order valence-electron chi connectivity index (χ2n) is 10.7. The van der Waals surface area contributed by atoms with E-state index >= 15 is 0 Å². The van der Waals surface area contributed by atoms with E-state index in [9.17, 15) is 14.4 Å². The molecule has 198 valence electrons. The van der Waals surface area contributed by atoms with Gasteiger partial charge in [0.2, 0.25) is 0 Å². The largest absolute Gasteiger partial charge is 0.381 e. The van der Waals surface area contributed by atoms with E-state index in [1.807, 2.05) is 18.2 Å². The second-order valence-corrected chi connectivity index (χ2v) is 10.7. The molecule has 8 heteroatoms. The number of rotatable bonds is 9. The number of ether oxygens (including phenoxy) is 1. The highest BCUT2D eigenvalue weighted by atomic mass is 16.5. The Kier molecular flexibility index (Phi) is 7.08. The number of hydrogen-bond acceptors (Lipinski definition) is 6. The van der Waals surface area contributed by atoms with Gasteiger partial charge in [-0.15, -0.1) is 0 Å². The minimum atomic E-state index is -0.590. The summed E-state index contributed by atoms with van der Waals surface area (Å²) < 4.78 is 7.94. The molecule has 38 heavy (non-hydrogen) atoms. The summed E-state index contributed by atoms with van der Waals surface area (Å²) in [5.74, 6) is -0.152. The quantitative estimate of drug-likeness (QED) is 0.399. The van der Waals surface area contributed by atoms with Crippen LogP contribution in [0, 0.1) is 0 Å². The van der Waals surface area contributed by atoms with Crippen LogP contribution in [0.5, 0.6) is 0 Å². The number of likely N-dealkylation sites (tertiary alicyclic amines) is 1. The number of benzene rings is 1. The molecule has 0 saturated carbocycles. The van der Waals surface area contributed by atoms with Crippen molar-refractivity contribution in [1.82, 2.24) is 19.4 Å². The van der Waals surface area contributed by atoms with Crippen LogP contribution in [0.2, 0.25) is 0 Å². The standard InChI is InChI=1S/C30H34N4O4/c35-13-3-4-25(20-36)34-19-22-16-21(5-6-27(22)30(34)37)28-17-23(18-32-10-1-2-11-32)26-7-12-33(29(26)31-28)24-8-14-38-15-9-24/h5-7,12-13,16-17,20,24-25H,1-4,8-11,14-15,18-19H2. The van der Waals surface area contributed by atoms with Gasteiger partial charge in [0.25, 0.3) is 5.91 Å². The third-order valence-corrected chi connectivity index (χ3v) is 8.32. The van der Waals surface area contributed by atoms with Crippen LogP contribution in [-0.2, 0) is 27.4 Å². The molecular weight excluding hydrogens is 480 g/mol. The van der Waals surface area contributed by atoms with E-state index in [1.165, 1.54) is 23.8 Å². The normalized spacial score (nSPS) is 19.3. The zero-order valence-corrected chi connectivity index (χ0v) is 21.7. The van der Waals surface area contributed by atoms with Crippen molar-refractivity contribution in [3.8, 4) is 11.3 Å². The van der Waals surface area contributed by atoms with Crippen molar-refractivity contribution in [3.05, 3.63) is 53.2 Å². The fraction of sp³-hybridized carbons (Fsp3) is 0.467. The van der Waals surface area contributed by atoms with Crippen molar-refractivity contribution in [1.29, 1.82) is 0 Å². The molecule has 0 bridgehead atoms. The lowest BCUT2D eigenvalue weighted by Gasteiger charge is -2.24. The fourth-order valence-corrected chi connectivity index (χ4v) is 6.22. The lowest BCUT2D eigenvalue weighted by Crippen LogP contribution is -2.36. The first kappa shape index (κ1) is 24.9. The molecule has 2 aromatic heterocycles. The number of carbonyl (C=O) groups excluding carboxylic acids is 3. The Morgan fingerprint density at radius 3 is 2.66 bits per heavy atom. The topological polar surface area (TPSA) is 84.7 Å². The van der Waals surface area contributed by atoms with Gasteiger partial charge >= 0.3 is 0 Å². The van der Waals surface area contributed by atoms with Gasteiger partial charge in [0.15, 0.2) is 0 Å². The Labute approximate surface area is 222 Å². The Balaban J connectivity index is 1.37. The molecule has 0 aliphatic carbocycles. The maximum absolute atomic E-state index is 13.1. The summed E-state index contributed by atoms with van der Waals surface area (Å²) >= 11 is 0. The van der Waals surface area contributed by atoms with E-state index in [0.29, 0.717) is 24.6 Å². The molecule has 1 atom stereocenters. The Hall–Kier alpha value is -3.36. The predicted molar refractivity (Wildman–Crippen MR) is 144 cm³/mol. The lowest BCUT2D eigenvalue weighted by molar-refractivity contribution is -0.112. The number of nitrogens with zero attached hydrogens (tertiary/aromatic N) is 4. The SMILES string of the molecule is O=CCCC(C=O)N1Cc2cc(-c3cc(CN4CCCC4)c4ccn(C5CCOCC5)c4n3)ccc2C1=O. The monoisotopic (exact) mass is 514 g/mol. The molecular formula is C30H34N4O4. The van der Waals surface area contributed by atoms with Crippen molar-refractivity contribution in [2.24, 2.45) is 0 Å². The zero-order chi connectivity index (χ0) is 26.1. The number of hydrogen-bond donors (Lipinski definition) is 0. The molecule has 3 aromatic rings. The van der Waals surface area contributed by atoms with Gasteiger partial charge in [-0.25, -0.2) is 4.98 Å². The van der Waals surface area contributed by atoms with Gasteiger partial charge in [-0.3, -0.25) is 9.69 Å². The van der Waals surface area contributed by atoms with Gasteiger partial charge in [0.1, 0.15) is 18.2 Å². The lowest BCUT2D eigenvalue weighted by atomic mass is 10.0. The van der Waals surface area contributed by atoms with E-state index in [2.05, 4.69) is 27.8 Å². The Morgan fingerprint density at radius 1 is 1.08 bits per heavy atom. The number of carbonyl (C=O) groups is 3. The van der Waals surface area contributed by atoms with Crippen molar-refractivity contribution < 1.29 is 19.1 Å². The highest BCUT2D eigenvalue weighted by Crippen LogP contribution is 2.34. The third kappa shape index (κ3) is 4.67. The molecule has 5 heterocycles. The Bertz CT molecular complexity index is 1350. The van der Waals surface area contributed by atoms with Crippen molar-refractivity contribution in [3.63, 3.8) is 0 Å². The van der Waals surface area contributed by atoms with Crippen LogP contribution >= 0.6 is 0 Å². The molecule has 3 aliphatic rings. The Morgan fingerprint density at radius 2 is 1.89 bits per heavy atom. The molecule has 1 unspecified atom stereocenters. The maximum atomic E-state index is 13.1. The van der Waals surface area contributed by atoms with E-state index in [1.54, 1.807) is 4.90 Å². The average molecular weight is 515 g/mol. The van der Waals surface area contributed by atoms with Gasteiger partial charge in [-0.05, 0) is 80.6 Å². The maximum Gasteiger partial charge on any atom is 0.255 e. The first-order chi connectivity index (χ1) is 18.7. The van der Waals surface area contributed by atoms with E-state index in [0.717, 1.165) is 80.7 Å². The summed E-state index contributed by atoms with van der Waals surface area (Å²) in [6.07, 6.45) is 8.81. The molecule has 6 rings (SSSR count). The van der Waals surface area contributed by atoms with Gasteiger partial charge < -0.3 is 23.8 Å². The number of aldehydes is 2. The van der Waals surface area contributed by atoms with Crippen LogP contribution in [0.3, 0.4) is 0 Å². The van der Waals surface area contributed by atoms with Crippen LogP contribution in [0.4, 0.5) is 0 Å². The van der Waals surface area contributed by atoms with E-state index < -0.39 is 6.04 Å². The molecule has 2 saturated heterocycles. The van der Waals surface area contributed by atoms with Gasteiger partial charge in [0, 0.05) is 61.5 Å². The van der Waals surface area contributed by atoms with Crippen LogP contribution in [0.25, 0.3) is 22.3 Å². The number of pyridine rings is 1. The molecule has 0 spiro atoms. The summed E-state index contributed by atoms with van der Waals surface area (Å²) in [6, 6.07) is 10.1. The molecule has 1 aromatic carbocycles. The van der Waals surface area contributed by atoms with Crippen LogP contribution in [0.15, 0.2) is 36.5 Å². The highest BCUT2D eigenvalue weighted by Gasteiger charge is 2.32. The van der Waals surface area contributed by atoms with E-state index in [4.69, 9.17) is 9.72 Å². The highest BCUT2D eigenvalue weighted by molar-refractivity contribution is 6.00. The van der Waals surface area contributed by atoms with Crippen LogP contribution in [-0.4, -0.2) is 70.2 Å². The molecule has 0 radical (unpaired) electrons. The molecule has 0 N–H and O–H groups in total. The van der Waals surface area contributed by atoms with Crippen molar-refractivity contribution in [2.75, 3.05) is 26.3 Å². The van der Waals surface area contributed by atoms with Crippen LogP contribution < -0.4 is 0 Å². The summed E-state index contributed by atoms with van der Waals surface area (Å²) in [5.41, 5.74) is 5.69. The molecule has 1 amide bonds. The minimum absolute atomic E-state index is 0.152. The number of aromatic nitrogens is 2. The first-order valence-corrected chi connectivity index (χ1v) is 13.8. The second kappa shape index (κ2) is 10.8. The number of amides is 1. The van der Waals surface area contributed by atoms with Crippen molar-refractivity contribution >= 4 is 29.5 Å². The summed E-state index contributed by atoms with van der Waals surface area (Å²) in [6.45, 7) is 5.06. The molecule has 3 aliphatic heterocycles. The smallest absolute Gasteiger partial charge is 0.255 e. The summed E-state index contributed by atoms with van der Waals surface area (Å²) in [5, 5.41) is 1.21. The molecule has 8 nitrogen and oxygen atoms in total. The minimum Gasteiger partial charge on any atom is -0.381 e. The summed E-state index contributed by atoms with van der Waals surface area (Å²) in [7, 11) is 0. The third-order valence-electron chi connectivity index (χ3n) is 8.32. The van der Waals surface area contributed by atoms with E-state index in [-0.39, 0.29) is 12.3 Å². The zero-order valence-electron chi connectivity index (χ0n) is 21.7. The van der Waals surface area contributed by atoms with Crippen LogP contribution in [0.1, 0.15) is 66.1 Å². The average Bonchev–Trinajstić information content (AvgIpc) is 3.69. The first-order valence-electron chi connectivity index (χ1n) is 13.8. The van der Waals surface area contributed by atoms with Gasteiger partial charge in [-0.1, -0.05) is 6.07 Å². The van der Waals surface area contributed by atoms with Gasteiger partial charge in [0.05, 0.1) is 11.7 Å². The molecule has 2 fully saturated rings. The fourth-order valence-electron chi connectivity index (χ4n) is 6.22. The predicted octanol–water partition coefficient (Wildman–Crippen LogP) is 4.15. The summed E-state index contributed by atoms with van der Waals surface area (Å²) in [4.78, 5) is 44.9. The van der Waals surface area contributed by atoms with Gasteiger partial charge in [-0.2, -0.15) is 0 Å².